The fraction of sp³-hybridized carbons (Fsp3) is 0.545. The second-order valence-corrected chi connectivity index (χ2v) is 9.11. The number of piperazine rings is 1. The molecule has 0 saturated carbocycles. The molecule has 0 amide bonds. The number of pyridine rings is 2. The van der Waals surface area contributed by atoms with Crippen LogP contribution in [0.5, 0.6) is 0 Å². The van der Waals surface area contributed by atoms with Gasteiger partial charge in [-0.2, -0.15) is 0 Å². The molecular formula is C22H31BN4O2. The fourth-order valence-corrected chi connectivity index (χ4v) is 3.69. The molecule has 29 heavy (non-hydrogen) atoms. The lowest BCUT2D eigenvalue weighted by Gasteiger charge is -2.35. The Kier molecular flexibility index (Phi) is 5.40. The van der Waals surface area contributed by atoms with Gasteiger partial charge in [0.1, 0.15) is 5.82 Å². The van der Waals surface area contributed by atoms with E-state index in [1.165, 1.54) is 5.56 Å². The average Bonchev–Trinajstić information content (AvgIpc) is 2.92. The van der Waals surface area contributed by atoms with Crippen LogP contribution in [0.25, 0.3) is 0 Å². The number of hydrogen-bond donors (Lipinski definition) is 0. The van der Waals surface area contributed by atoms with Crippen molar-refractivity contribution in [3.8, 4) is 0 Å². The maximum atomic E-state index is 6.13. The molecule has 154 valence electrons. The van der Waals surface area contributed by atoms with Gasteiger partial charge >= 0.3 is 7.12 Å². The van der Waals surface area contributed by atoms with Crippen LogP contribution in [0.4, 0.5) is 5.82 Å². The third kappa shape index (κ3) is 4.32. The van der Waals surface area contributed by atoms with Gasteiger partial charge in [-0.1, -0.05) is 12.1 Å². The molecular weight excluding hydrogens is 363 g/mol. The number of hydrogen-bond acceptors (Lipinski definition) is 6. The molecule has 2 saturated heterocycles. The molecule has 4 heterocycles. The standard InChI is InChI=1S/C22H31BN4O2/c1-17-6-7-18(14-24-17)16-26-10-12-27(13-11-26)20-9-8-19(15-25-20)23-28-21(2,3)22(4,5)29-23/h6-9,14-15H,10-13,16H2,1-5H3. The fourth-order valence-electron chi connectivity index (χ4n) is 3.69. The van der Waals surface area contributed by atoms with Gasteiger partial charge in [-0.15, -0.1) is 0 Å². The van der Waals surface area contributed by atoms with E-state index in [1.54, 1.807) is 0 Å². The molecule has 0 atom stereocenters. The van der Waals surface area contributed by atoms with Crippen LogP contribution in [0.3, 0.4) is 0 Å². The quantitative estimate of drug-likeness (QED) is 0.743. The van der Waals surface area contributed by atoms with Crippen molar-refractivity contribution in [1.82, 2.24) is 14.9 Å². The minimum atomic E-state index is -0.360. The van der Waals surface area contributed by atoms with E-state index in [9.17, 15) is 0 Å². The molecule has 0 spiro atoms. The van der Waals surface area contributed by atoms with E-state index in [0.29, 0.717) is 0 Å². The van der Waals surface area contributed by atoms with E-state index in [-0.39, 0.29) is 18.3 Å². The van der Waals surface area contributed by atoms with E-state index >= 15 is 0 Å². The molecule has 0 unspecified atom stereocenters. The molecule has 2 aliphatic heterocycles. The molecule has 6 nitrogen and oxygen atoms in total. The van der Waals surface area contributed by atoms with E-state index in [1.807, 2.05) is 19.3 Å². The number of nitrogens with zero attached hydrogens (tertiary/aromatic N) is 4. The smallest absolute Gasteiger partial charge is 0.399 e. The summed E-state index contributed by atoms with van der Waals surface area (Å²) in [6.45, 7) is 15.3. The predicted molar refractivity (Wildman–Crippen MR) is 116 cm³/mol. The minimum Gasteiger partial charge on any atom is -0.399 e. The summed E-state index contributed by atoms with van der Waals surface area (Å²) in [5.74, 6) is 1.02. The number of anilines is 1. The molecule has 0 radical (unpaired) electrons. The lowest BCUT2D eigenvalue weighted by molar-refractivity contribution is 0.00578. The number of rotatable bonds is 4. The molecule has 2 fully saturated rings. The van der Waals surface area contributed by atoms with Crippen molar-refractivity contribution < 1.29 is 9.31 Å². The topological polar surface area (TPSA) is 50.7 Å². The SMILES string of the molecule is Cc1ccc(CN2CCN(c3ccc(B4OC(C)(C)C(C)(C)O4)cn3)CC2)cn1. The molecule has 7 heteroatoms. The van der Waals surface area contributed by atoms with E-state index < -0.39 is 0 Å². The Morgan fingerprint density at radius 1 is 0.897 bits per heavy atom. The largest absolute Gasteiger partial charge is 0.496 e. The van der Waals surface area contributed by atoms with Crippen molar-refractivity contribution in [3.05, 3.63) is 47.9 Å². The van der Waals surface area contributed by atoms with Gasteiger partial charge in [0.15, 0.2) is 0 Å². The number of aryl methyl sites for hydroxylation is 1. The molecule has 0 N–H and O–H groups in total. The molecule has 0 aromatic carbocycles. The van der Waals surface area contributed by atoms with E-state index in [0.717, 1.165) is 49.7 Å². The van der Waals surface area contributed by atoms with Gasteiger partial charge in [0, 0.05) is 56.3 Å². The number of aromatic nitrogens is 2. The zero-order valence-electron chi connectivity index (χ0n) is 18.2. The third-order valence-electron chi connectivity index (χ3n) is 6.37. The first-order chi connectivity index (χ1) is 13.7. The zero-order valence-corrected chi connectivity index (χ0v) is 18.2. The van der Waals surface area contributed by atoms with Gasteiger partial charge in [-0.25, -0.2) is 4.98 Å². The Morgan fingerprint density at radius 2 is 1.59 bits per heavy atom. The molecule has 2 aromatic rings. The average molecular weight is 394 g/mol. The first-order valence-electron chi connectivity index (χ1n) is 10.4. The van der Waals surface area contributed by atoms with Crippen LogP contribution in [0.2, 0.25) is 0 Å². The molecule has 4 rings (SSSR count). The summed E-state index contributed by atoms with van der Waals surface area (Å²) in [7, 11) is -0.360. The highest BCUT2D eigenvalue weighted by Gasteiger charge is 2.51. The molecule has 0 bridgehead atoms. The van der Waals surface area contributed by atoms with Crippen LogP contribution in [0.15, 0.2) is 36.7 Å². The lowest BCUT2D eigenvalue weighted by Crippen LogP contribution is -2.46. The van der Waals surface area contributed by atoms with E-state index in [2.05, 4.69) is 66.7 Å². The predicted octanol–water partition coefficient (Wildman–Crippen LogP) is 2.41. The Labute approximate surface area is 174 Å². The summed E-state index contributed by atoms with van der Waals surface area (Å²) in [5.41, 5.74) is 2.64. The van der Waals surface area contributed by atoms with Crippen molar-refractivity contribution in [2.45, 2.75) is 52.4 Å². The van der Waals surface area contributed by atoms with Crippen molar-refractivity contribution in [2.75, 3.05) is 31.1 Å². The van der Waals surface area contributed by atoms with Crippen LogP contribution in [0.1, 0.15) is 39.0 Å². The zero-order chi connectivity index (χ0) is 20.6. The van der Waals surface area contributed by atoms with Crippen molar-refractivity contribution >= 4 is 18.4 Å². The lowest BCUT2D eigenvalue weighted by atomic mass is 9.80. The highest BCUT2D eigenvalue weighted by atomic mass is 16.7. The van der Waals surface area contributed by atoms with Crippen molar-refractivity contribution in [2.24, 2.45) is 0 Å². The molecule has 2 aromatic heterocycles. The highest BCUT2D eigenvalue weighted by Crippen LogP contribution is 2.36. The van der Waals surface area contributed by atoms with Crippen molar-refractivity contribution in [1.29, 1.82) is 0 Å². The molecule has 0 aliphatic carbocycles. The van der Waals surface area contributed by atoms with Gasteiger partial charge in [0.05, 0.1) is 11.2 Å². The van der Waals surface area contributed by atoms with Gasteiger partial charge in [-0.05, 0) is 52.3 Å². The maximum Gasteiger partial charge on any atom is 0.496 e. The van der Waals surface area contributed by atoms with Crippen LogP contribution in [-0.2, 0) is 15.9 Å². The van der Waals surface area contributed by atoms with Crippen LogP contribution < -0.4 is 10.4 Å². The van der Waals surface area contributed by atoms with Crippen LogP contribution in [0, 0.1) is 6.92 Å². The summed E-state index contributed by atoms with van der Waals surface area (Å²) in [5, 5.41) is 0. The maximum absolute atomic E-state index is 6.13. The first kappa shape index (κ1) is 20.3. The Balaban J connectivity index is 1.33. The Hall–Kier alpha value is -1.96. The van der Waals surface area contributed by atoms with Gasteiger partial charge in [0.25, 0.3) is 0 Å². The summed E-state index contributed by atoms with van der Waals surface area (Å²) in [6, 6.07) is 8.41. The Morgan fingerprint density at radius 3 is 2.14 bits per heavy atom. The van der Waals surface area contributed by atoms with Gasteiger partial charge in [0.2, 0.25) is 0 Å². The minimum absolute atomic E-state index is 0.334. The second-order valence-electron chi connectivity index (χ2n) is 9.11. The normalized spacial score (nSPS) is 21.6. The second kappa shape index (κ2) is 7.71. The van der Waals surface area contributed by atoms with Crippen LogP contribution >= 0.6 is 0 Å². The van der Waals surface area contributed by atoms with Crippen LogP contribution in [-0.4, -0.2) is 59.4 Å². The van der Waals surface area contributed by atoms with E-state index in [4.69, 9.17) is 14.3 Å². The first-order valence-corrected chi connectivity index (χ1v) is 10.4. The highest BCUT2D eigenvalue weighted by molar-refractivity contribution is 6.62. The van der Waals surface area contributed by atoms with Gasteiger partial charge in [-0.3, -0.25) is 9.88 Å². The summed E-state index contributed by atoms with van der Waals surface area (Å²) in [4.78, 5) is 13.9. The third-order valence-corrected chi connectivity index (χ3v) is 6.37. The Bertz CT molecular complexity index is 815. The monoisotopic (exact) mass is 394 g/mol. The summed E-state index contributed by atoms with van der Waals surface area (Å²) < 4.78 is 12.3. The summed E-state index contributed by atoms with van der Waals surface area (Å²) in [6.07, 6.45) is 3.87. The molecule has 2 aliphatic rings. The summed E-state index contributed by atoms with van der Waals surface area (Å²) >= 11 is 0. The van der Waals surface area contributed by atoms with Crippen molar-refractivity contribution in [3.63, 3.8) is 0 Å². The van der Waals surface area contributed by atoms with Gasteiger partial charge < -0.3 is 14.2 Å².